The molecule has 1 aromatic heterocycles. The molecule has 2 amide bonds. The first-order valence-corrected chi connectivity index (χ1v) is 9.78. The summed E-state index contributed by atoms with van der Waals surface area (Å²) >= 11 is 1.44. The van der Waals surface area contributed by atoms with E-state index in [4.69, 9.17) is 4.74 Å². The summed E-state index contributed by atoms with van der Waals surface area (Å²) in [6, 6.07) is 9.99. The number of aromatic nitrogens is 1. The molecule has 0 N–H and O–H groups in total. The van der Waals surface area contributed by atoms with Crippen LogP contribution in [0.1, 0.15) is 30.2 Å². The predicted molar refractivity (Wildman–Crippen MR) is 99.1 cm³/mol. The second kappa shape index (κ2) is 7.55. The zero-order valence-corrected chi connectivity index (χ0v) is 15.3. The molecular weight excluding hydrogens is 350 g/mol. The fourth-order valence-corrected chi connectivity index (χ4v) is 4.23. The maximum atomic E-state index is 12.7. The molecule has 4 rings (SSSR count). The second-order valence-electron chi connectivity index (χ2n) is 6.56. The number of morpholine rings is 1. The maximum absolute atomic E-state index is 12.7. The Kier molecular flexibility index (Phi) is 4.99. The van der Waals surface area contributed by atoms with Crippen molar-refractivity contribution in [3.63, 3.8) is 0 Å². The number of hydrogen-bond donors (Lipinski definition) is 0. The number of carbonyl (C=O) groups excluding carboxylic acids is 2. The lowest BCUT2D eigenvalue weighted by Gasteiger charge is -2.33. The van der Waals surface area contributed by atoms with Crippen LogP contribution in [0.5, 0.6) is 0 Å². The van der Waals surface area contributed by atoms with Crippen LogP contribution in [0.25, 0.3) is 0 Å². The smallest absolute Gasteiger partial charge is 0.228 e. The van der Waals surface area contributed by atoms with Gasteiger partial charge in [0.25, 0.3) is 0 Å². The number of thiazole rings is 1. The summed E-state index contributed by atoms with van der Waals surface area (Å²) in [5.41, 5.74) is 1.82. The minimum absolute atomic E-state index is 0.0545. The Morgan fingerprint density at radius 3 is 2.88 bits per heavy atom. The summed E-state index contributed by atoms with van der Waals surface area (Å²) < 4.78 is 5.83. The normalized spacial score (nSPS) is 20.6. The number of hydrogen-bond acceptors (Lipinski definition) is 5. The molecule has 7 heteroatoms. The fourth-order valence-electron chi connectivity index (χ4n) is 3.36. The number of ether oxygens (including phenoxy) is 1. The topological polar surface area (TPSA) is 62.7 Å². The Hall–Kier alpha value is -2.25. The highest BCUT2D eigenvalue weighted by Gasteiger charge is 2.27. The van der Waals surface area contributed by atoms with Crippen LogP contribution in [0.2, 0.25) is 0 Å². The highest BCUT2D eigenvalue weighted by atomic mass is 32.1. The lowest BCUT2D eigenvalue weighted by Crippen LogP contribution is -2.43. The highest BCUT2D eigenvalue weighted by Crippen LogP contribution is 2.26. The van der Waals surface area contributed by atoms with Crippen molar-refractivity contribution in [3.05, 3.63) is 47.0 Å². The van der Waals surface area contributed by atoms with Crippen molar-refractivity contribution in [2.75, 3.05) is 31.1 Å². The Morgan fingerprint density at radius 1 is 1.27 bits per heavy atom. The van der Waals surface area contributed by atoms with E-state index in [1.165, 1.54) is 11.3 Å². The van der Waals surface area contributed by atoms with E-state index in [2.05, 4.69) is 4.98 Å². The molecule has 26 heavy (non-hydrogen) atoms. The zero-order valence-electron chi connectivity index (χ0n) is 14.5. The number of amides is 2. The van der Waals surface area contributed by atoms with Crippen molar-refractivity contribution < 1.29 is 14.3 Å². The van der Waals surface area contributed by atoms with Gasteiger partial charge < -0.3 is 9.64 Å². The Morgan fingerprint density at radius 2 is 2.12 bits per heavy atom. The van der Waals surface area contributed by atoms with Gasteiger partial charge in [-0.2, -0.15) is 0 Å². The molecular formula is C19H21N3O3S. The van der Waals surface area contributed by atoms with Gasteiger partial charge in [-0.3, -0.25) is 14.5 Å². The van der Waals surface area contributed by atoms with Gasteiger partial charge >= 0.3 is 0 Å². The fraction of sp³-hybridized carbons (Fsp3) is 0.421. The van der Waals surface area contributed by atoms with Gasteiger partial charge in [-0.05, 0) is 12.0 Å². The van der Waals surface area contributed by atoms with Crippen LogP contribution >= 0.6 is 11.3 Å². The van der Waals surface area contributed by atoms with E-state index in [9.17, 15) is 9.59 Å². The van der Waals surface area contributed by atoms with E-state index in [1.54, 1.807) is 4.90 Å². The van der Waals surface area contributed by atoms with Gasteiger partial charge in [0.2, 0.25) is 11.8 Å². The predicted octanol–water partition coefficient (Wildman–Crippen LogP) is 2.41. The maximum Gasteiger partial charge on any atom is 0.228 e. The zero-order chi connectivity index (χ0) is 17.9. The SMILES string of the molecule is O=C(Cc1csc(N2CCCC2=O)n1)N1CCOC(c2ccccc2)C1. The van der Waals surface area contributed by atoms with E-state index in [1.807, 2.05) is 40.6 Å². The highest BCUT2D eigenvalue weighted by molar-refractivity contribution is 7.14. The molecule has 0 saturated carbocycles. The average molecular weight is 371 g/mol. The number of rotatable bonds is 4. The van der Waals surface area contributed by atoms with Crippen molar-refractivity contribution in [1.82, 2.24) is 9.88 Å². The molecule has 0 aliphatic carbocycles. The average Bonchev–Trinajstić information content (AvgIpc) is 3.31. The van der Waals surface area contributed by atoms with Gasteiger partial charge in [-0.1, -0.05) is 30.3 Å². The van der Waals surface area contributed by atoms with Crippen LogP contribution in [-0.4, -0.2) is 47.9 Å². The van der Waals surface area contributed by atoms with E-state index in [0.29, 0.717) is 31.2 Å². The Labute approximate surface area is 156 Å². The molecule has 1 unspecified atom stereocenters. The first-order valence-electron chi connectivity index (χ1n) is 8.90. The summed E-state index contributed by atoms with van der Waals surface area (Å²) in [7, 11) is 0. The Balaban J connectivity index is 1.39. The third-order valence-electron chi connectivity index (χ3n) is 4.77. The lowest BCUT2D eigenvalue weighted by atomic mass is 10.1. The molecule has 0 spiro atoms. The molecule has 2 aromatic rings. The minimum Gasteiger partial charge on any atom is -0.370 e. The van der Waals surface area contributed by atoms with Crippen LogP contribution in [0.4, 0.5) is 5.13 Å². The summed E-state index contributed by atoms with van der Waals surface area (Å²) in [5.74, 6) is 0.176. The molecule has 2 aliphatic rings. The largest absolute Gasteiger partial charge is 0.370 e. The third-order valence-corrected chi connectivity index (χ3v) is 5.68. The molecule has 2 fully saturated rings. The monoisotopic (exact) mass is 371 g/mol. The van der Waals surface area contributed by atoms with Crippen molar-refractivity contribution in [2.45, 2.75) is 25.4 Å². The number of nitrogens with zero attached hydrogens (tertiary/aromatic N) is 3. The van der Waals surface area contributed by atoms with Crippen molar-refractivity contribution in [2.24, 2.45) is 0 Å². The summed E-state index contributed by atoms with van der Waals surface area (Å²) in [6.07, 6.45) is 1.64. The first-order chi connectivity index (χ1) is 12.7. The van der Waals surface area contributed by atoms with Gasteiger partial charge in [-0.15, -0.1) is 11.3 Å². The quantitative estimate of drug-likeness (QED) is 0.828. The standard InChI is InChI=1S/C19H21N3O3S/c23-17-7-4-8-22(17)19-20-15(13-26-19)11-18(24)21-9-10-25-16(12-21)14-5-2-1-3-6-14/h1-3,5-6,13,16H,4,7-12H2. The number of carbonyl (C=O) groups is 2. The van der Waals surface area contributed by atoms with Crippen LogP contribution in [0.15, 0.2) is 35.7 Å². The molecule has 6 nitrogen and oxygen atoms in total. The molecule has 1 atom stereocenters. The van der Waals surface area contributed by atoms with Crippen molar-refractivity contribution in [3.8, 4) is 0 Å². The Bertz CT molecular complexity index is 792. The molecule has 1 aromatic carbocycles. The number of benzene rings is 1. The second-order valence-corrected chi connectivity index (χ2v) is 7.39. The van der Waals surface area contributed by atoms with E-state index in [-0.39, 0.29) is 24.3 Å². The molecule has 0 bridgehead atoms. The summed E-state index contributed by atoms with van der Waals surface area (Å²) in [4.78, 5) is 32.6. The van der Waals surface area contributed by atoms with E-state index < -0.39 is 0 Å². The minimum atomic E-state index is -0.0814. The van der Waals surface area contributed by atoms with E-state index >= 15 is 0 Å². The first kappa shape index (κ1) is 17.2. The summed E-state index contributed by atoms with van der Waals surface area (Å²) in [6.45, 7) is 2.42. The van der Waals surface area contributed by atoms with Crippen LogP contribution in [-0.2, 0) is 20.7 Å². The van der Waals surface area contributed by atoms with Gasteiger partial charge in [0.1, 0.15) is 6.10 Å². The summed E-state index contributed by atoms with van der Waals surface area (Å²) in [5, 5.41) is 2.59. The molecule has 3 heterocycles. The van der Waals surface area contributed by atoms with Gasteiger partial charge in [0, 0.05) is 24.9 Å². The van der Waals surface area contributed by atoms with Crippen molar-refractivity contribution in [1.29, 1.82) is 0 Å². The number of anilines is 1. The van der Waals surface area contributed by atoms with Crippen LogP contribution < -0.4 is 4.90 Å². The van der Waals surface area contributed by atoms with Crippen molar-refractivity contribution >= 4 is 28.3 Å². The molecule has 0 radical (unpaired) electrons. The van der Waals surface area contributed by atoms with E-state index in [0.717, 1.165) is 24.2 Å². The molecule has 2 aliphatic heterocycles. The van der Waals surface area contributed by atoms with Gasteiger partial charge in [-0.25, -0.2) is 4.98 Å². The molecule has 136 valence electrons. The molecule has 2 saturated heterocycles. The van der Waals surface area contributed by atoms with Crippen LogP contribution in [0.3, 0.4) is 0 Å². The third kappa shape index (κ3) is 3.64. The van der Waals surface area contributed by atoms with Crippen LogP contribution in [0, 0.1) is 0 Å². The van der Waals surface area contributed by atoms with Gasteiger partial charge in [0.15, 0.2) is 5.13 Å². The lowest BCUT2D eigenvalue weighted by molar-refractivity contribution is -0.138. The van der Waals surface area contributed by atoms with Gasteiger partial charge in [0.05, 0.1) is 25.3 Å².